The van der Waals surface area contributed by atoms with Crippen molar-refractivity contribution in [3.63, 3.8) is 0 Å². The molecule has 0 aliphatic carbocycles. The summed E-state index contributed by atoms with van der Waals surface area (Å²) in [5.41, 5.74) is 0.249. The lowest BCUT2D eigenvalue weighted by molar-refractivity contribution is -0.139. The summed E-state index contributed by atoms with van der Waals surface area (Å²) < 4.78 is 0. The summed E-state index contributed by atoms with van der Waals surface area (Å²) in [6, 6.07) is -1.01. The molecule has 3 N–H and O–H groups in total. The van der Waals surface area contributed by atoms with Crippen LogP contribution in [0, 0.1) is 13.8 Å². The highest BCUT2D eigenvalue weighted by Gasteiger charge is 2.23. The molecule has 110 valence electrons. The van der Waals surface area contributed by atoms with Crippen LogP contribution in [0.1, 0.15) is 28.0 Å². The van der Waals surface area contributed by atoms with Gasteiger partial charge in [0, 0.05) is 0 Å². The van der Waals surface area contributed by atoms with Crippen molar-refractivity contribution in [2.75, 3.05) is 12.0 Å². The van der Waals surface area contributed by atoms with E-state index in [0.29, 0.717) is 23.4 Å². The minimum absolute atomic E-state index is 0.0899. The average Bonchev–Trinajstić information content (AvgIpc) is 2.39. The van der Waals surface area contributed by atoms with Gasteiger partial charge in [0.05, 0.1) is 5.69 Å². The van der Waals surface area contributed by atoms with Crippen LogP contribution in [-0.2, 0) is 4.79 Å². The molecule has 0 aliphatic rings. The molecule has 0 saturated heterocycles. The third-order valence-corrected chi connectivity index (χ3v) is 3.56. The van der Waals surface area contributed by atoms with E-state index in [0.717, 1.165) is 0 Å². The van der Waals surface area contributed by atoms with Crippen molar-refractivity contribution in [3.05, 3.63) is 27.2 Å². The molecule has 1 rings (SSSR count). The number of aliphatic carboxylic acids is 1. The maximum absolute atomic E-state index is 12.1. The van der Waals surface area contributed by atoms with E-state index in [9.17, 15) is 14.4 Å². The lowest BCUT2D eigenvalue weighted by Gasteiger charge is -2.14. The number of rotatable bonds is 6. The highest BCUT2D eigenvalue weighted by atomic mass is 32.2. The van der Waals surface area contributed by atoms with Gasteiger partial charge in [0.15, 0.2) is 0 Å². The van der Waals surface area contributed by atoms with Gasteiger partial charge < -0.3 is 10.4 Å². The summed E-state index contributed by atoms with van der Waals surface area (Å²) in [6.45, 7) is 3.26. The fourth-order valence-corrected chi connectivity index (χ4v) is 2.09. The van der Waals surface area contributed by atoms with Gasteiger partial charge in [-0.3, -0.25) is 9.59 Å². The van der Waals surface area contributed by atoms with Gasteiger partial charge in [-0.15, -0.1) is 0 Å². The van der Waals surface area contributed by atoms with E-state index in [1.165, 1.54) is 11.8 Å². The van der Waals surface area contributed by atoms with Crippen LogP contribution in [-0.4, -0.2) is 45.2 Å². The molecule has 7 nitrogen and oxygen atoms in total. The van der Waals surface area contributed by atoms with Crippen molar-refractivity contribution < 1.29 is 14.7 Å². The Morgan fingerprint density at radius 1 is 1.45 bits per heavy atom. The van der Waals surface area contributed by atoms with Crippen molar-refractivity contribution in [3.8, 4) is 0 Å². The number of amides is 1. The highest BCUT2D eigenvalue weighted by Crippen LogP contribution is 2.07. The van der Waals surface area contributed by atoms with E-state index in [4.69, 9.17) is 5.11 Å². The zero-order valence-corrected chi connectivity index (χ0v) is 12.3. The zero-order chi connectivity index (χ0) is 15.3. The van der Waals surface area contributed by atoms with Crippen LogP contribution in [0.15, 0.2) is 4.79 Å². The summed E-state index contributed by atoms with van der Waals surface area (Å²) >= 11 is 1.49. The number of carboxylic acid groups (broad SMARTS) is 1. The number of carboxylic acids is 1. The molecular weight excluding hydrogens is 282 g/mol. The molecule has 0 fully saturated rings. The SMILES string of the molecule is CSCCC(NC(=O)c1c(C)c(C)n[nH]c1=O)C(=O)O. The predicted molar refractivity (Wildman–Crippen MR) is 76.2 cm³/mol. The first kappa shape index (κ1) is 16.2. The first-order chi connectivity index (χ1) is 9.38. The molecule has 1 unspecified atom stereocenters. The molecular formula is C12H17N3O4S. The molecule has 0 saturated carbocycles. The second kappa shape index (κ2) is 7.09. The molecule has 1 aromatic rings. The fourth-order valence-electron chi connectivity index (χ4n) is 1.62. The molecule has 20 heavy (non-hydrogen) atoms. The fraction of sp³-hybridized carbons (Fsp3) is 0.500. The Balaban J connectivity index is 2.98. The minimum atomic E-state index is -1.12. The first-order valence-corrected chi connectivity index (χ1v) is 7.36. The number of hydrogen-bond donors (Lipinski definition) is 3. The molecule has 8 heteroatoms. The summed E-state index contributed by atoms with van der Waals surface area (Å²) in [6.07, 6.45) is 2.14. The number of nitrogens with one attached hydrogen (secondary N) is 2. The van der Waals surface area contributed by atoms with E-state index in [-0.39, 0.29) is 5.56 Å². The Morgan fingerprint density at radius 2 is 2.10 bits per heavy atom. The smallest absolute Gasteiger partial charge is 0.326 e. The van der Waals surface area contributed by atoms with Gasteiger partial charge in [0.25, 0.3) is 11.5 Å². The van der Waals surface area contributed by atoms with Gasteiger partial charge >= 0.3 is 5.97 Å². The number of aryl methyl sites for hydroxylation is 1. The van der Waals surface area contributed by atoms with Gasteiger partial charge in [-0.05, 0) is 37.8 Å². The van der Waals surface area contributed by atoms with E-state index >= 15 is 0 Å². The van der Waals surface area contributed by atoms with Crippen LogP contribution in [0.25, 0.3) is 0 Å². The first-order valence-electron chi connectivity index (χ1n) is 5.97. The maximum atomic E-state index is 12.1. The number of aromatic nitrogens is 2. The normalized spacial score (nSPS) is 11.9. The van der Waals surface area contributed by atoms with E-state index < -0.39 is 23.5 Å². The van der Waals surface area contributed by atoms with E-state index in [1.54, 1.807) is 13.8 Å². The Labute approximate surface area is 120 Å². The van der Waals surface area contributed by atoms with Gasteiger partial charge in [-0.2, -0.15) is 16.9 Å². The van der Waals surface area contributed by atoms with Crippen LogP contribution in [0.4, 0.5) is 0 Å². The number of aromatic amines is 1. The molecule has 1 heterocycles. The second-order valence-corrected chi connectivity index (χ2v) is 5.27. The second-order valence-electron chi connectivity index (χ2n) is 4.28. The summed E-state index contributed by atoms with van der Waals surface area (Å²) in [7, 11) is 0. The maximum Gasteiger partial charge on any atom is 0.326 e. The largest absolute Gasteiger partial charge is 0.480 e. The van der Waals surface area contributed by atoms with Crippen molar-refractivity contribution in [1.82, 2.24) is 15.5 Å². The van der Waals surface area contributed by atoms with Crippen LogP contribution in [0.5, 0.6) is 0 Å². The summed E-state index contributed by atoms with van der Waals surface area (Å²) in [5.74, 6) is -1.21. The van der Waals surface area contributed by atoms with Crippen molar-refractivity contribution in [2.45, 2.75) is 26.3 Å². The quantitative estimate of drug-likeness (QED) is 0.697. The monoisotopic (exact) mass is 299 g/mol. The third kappa shape index (κ3) is 3.83. The third-order valence-electron chi connectivity index (χ3n) is 2.91. The molecule has 0 radical (unpaired) electrons. The van der Waals surface area contributed by atoms with Crippen molar-refractivity contribution in [2.24, 2.45) is 0 Å². The summed E-state index contributed by atoms with van der Waals surface area (Å²) in [4.78, 5) is 34.8. The number of hydrogen-bond acceptors (Lipinski definition) is 5. The Kier molecular flexibility index (Phi) is 5.75. The highest BCUT2D eigenvalue weighted by molar-refractivity contribution is 7.98. The molecule has 1 atom stereocenters. The van der Waals surface area contributed by atoms with Crippen LogP contribution >= 0.6 is 11.8 Å². The number of thioether (sulfide) groups is 1. The summed E-state index contributed by atoms with van der Waals surface area (Å²) in [5, 5.41) is 17.4. The minimum Gasteiger partial charge on any atom is -0.480 e. The predicted octanol–water partition coefficient (Wildman–Crippen LogP) is 0.323. The van der Waals surface area contributed by atoms with Crippen LogP contribution < -0.4 is 10.9 Å². The number of nitrogens with zero attached hydrogens (tertiary/aromatic N) is 1. The topological polar surface area (TPSA) is 112 Å². The average molecular weight is 299 g/mol. The van der Waals surface area contributed by atoms with Crippen molar-refractivity contribution >= 4 is 23.6 Å². The standard InChI is InChI=1S/C12H17N3O4S/c1-6-7(2)14-15-11(17)9(6)10(16)13-8(12(18)19)4-5-20-3/h8H,4-5H2,1-3H3,(H,13,16)(H,15,17)(H,18,19). The Morgan fingerprint density at radius 3 is 2.65 bits per heavy atom. The lowest BCUT2D eigenvalue weighted by atomic mass is 10.1. The molecule has 0 bridgehead atoms. The van der Waals surface area contributed by atoms with Crippen LogP contribution in [0.3, 0.4) is 0 Å². The molecule has 1 amide bonds. The Bertz CT molecular complexity index is 570. The zero-order valence-electron chi connectivity index (χ0n) is 11.5. The molecule has 0 aliphatic heterocycles. The van der Waals surface area contributed by atoms with Gasteiger partial charge in [0.1, 0.15) is 11.6 Å². The van der Waals surface area contributed by atoms with E-state index in [1.807, 2.05) is 6.26 Å². The van der Waals surface area contributed by atoms with Gasteiger partial charge in [-0.25, -0.2) is 9.89 Å². The van der Waals surface area contributed by atoms with Crippen molar-refractivity contribution in [1.29, 1.82) is 0 Å². The molecule has 1 aromatic heterocycles. The number of carbonyl (C=O) groups is 2. The number of H-pyrrole nitrogens is 1. The van der Waals surface area contributed by atoms with Gasteiger partial charge in [-0.1, -0.05) is 0 Å². The van der Waals surface area contributed by atoms with Crippen LogP contribution in [0.2, 0.25) is 0 Å². The number of carbonyl (C=O) groups excluding carboxylic acids is 1. The van der Waals surface area contributed by atoms with Gasteiger partial charge in [0.2, 0.25) is 0 Å². The molecule has 0 spiro atoms. The molecule has 0 aromatic carbocycles. The van der Waals surface area contributed by atoms with E-state index in [2.05, 4.69) is 15.5 Å². The Hall–Kier alpha value is -1.83. The lowest BCUT2D eigenvalue weighted by Crippen LogP contribution is -2.43.